The third-order valence-electron chi connectivity index (χ3n) is 1.95. The molecule has 0 aromatic heterocycles. The van der Waals surface area contributed by atoms with E-state index in [1.165, 1.54) is 0 Å². The highest BCUT2D eigenvalue weighted by Crippen LogP contribution is 2.36. The van der Waals surface area contributed by atoms with Crippen LogP contribution in [-0.4, -0.2) is 11.1 Å². The first-order valence-electron chi connectivity index (χ1n) is 4.10. The minimum absolute atomic E-state index is 0.0657. The van der Waals surface area contributed by atoms with Crippen LogP contribution in [0.25, 0.3) is 0 Å². The molecule has 0 spiro atoms. The van der Waals surface area contributed by atoms with Gasteiger partial charge in [-0.2, -0.15) is 13.2 Å². The molecule has 1 atom stereocenters. The van der Waals surface area contributed by atoms with Gasteiger partial charge >= 0.3 is 6.18 Å². The van der Waals surface area contributed by atoms with Gasteiger partial charge in [0.15, 0.2) is 11.6 Å². The van der Waals surface area contributed by atoms with Crippen LogP contribution >= 0.6 is 0 Å². The SMILES string of the molecule is N[C@@H](c1cc(F)c(F)cc1[N+](=O)[O-])C(F)(F)F. The maximum atomic E-state index is 12.8. The molecule has 9 heteroatoms. The monoisotopic (exact) mass is 256 g/mol. The van der Waals surface area contributed by atoms with Gasteiger partial charge in [0, 0.05) is 0 Å². The van der Waals surface area contributed by atoms with Gasteiger partial charge in [0.05, 0.1) is 16.6 Å². The summed E-state index contributed by atoms with van der Waals surface area (Å²) in [5, 5.41) is 10.4. The summed E-state index contributed by atoms with van der Waals surface area (Å²) in [6, 6.07) is -2.61. The molecule has 0 heterocycles. The molecule has 0 aliphatic rings. The summed E-state index contributed by atoms with van der Waals surface area (Å²) in [7, 11) is 0. The van der Waals surface area contributed by atoms with Crippen molar-refractivity contribution in [2.45, 2.75) is 12.2 Å². The molecule has 0 fully saturated rings. The van der Waals surface area contributed by atoms with Crippen LogP contribution in [0.4, 0.5) is 27.6 Å². The zero-order valence-electron chi connectivity index (χ0n) is 7.96. The Kier molecular flexibility index (Phi) is 3.32. The van der Waals surface area contributed by atoms with E-state index in [0.29, 0.717) is 0 Å². The number of halogens is 5. The average molecular weight is 256 g/mol. The lowest BCUT2D eigenvalue weighted by atomic mass is 10.0. The van der Waals surface area contributed by atoms with Crippen LogP contribution in [0.2, 0.25) is 0 Å². The summed E-state index contributed by atoms with van der Waals surface area (Å²) >= 11 is 0. The van der Waals surface area contributed by atoms with Crippen LogP contribution in [0.1, 0.15) is 11.6 Å². The number of benzene rings is 1. The molecule has 1 aromatic carbocycles. The average Bonchev–Trinajstić information content (AvgIpc) is 2.18. The third kappa shape index (κ3) is 2.67. The second-order valence-corrected chi connectivity index (χ2v) is 3.10. The number of hydrogen-bond acceptors (Lipinski definition) is 3. The van der Waals surface area contributed by atoms with E-state index in [9.17, 15) is 32.1 Å². The number of nitrogens with zero attached hydrogens (tertiary/aromatic N) is 1. The Morgan fingerprint density at radius 3 is 2.12 bits per heavy atom. The Balaban J connectivity index is 3.41. The molecular weight excluding hydrogens is 251 g/mol. The second-order valence-electron chi connectivity index (χ2n) is 3.10. The van der Waals surface area contributed by atoms with Crippen LogP contribution in [0.15, 0.2) is 12.1 Å². The van der Waals surface area contributed by atoms with Gasteiger partial charge in [-0.3, -0.25) is 10.1 Å². The largest absolute Gasteiger partial charge is 0.407 e. The Bertz CT molecular complexity index is 460. The van der Waals surface area contributed by atoms with E-state index in [4.69, 9.17) is 5.73 Å². The summed E-state index contributed by atoms with van der Waals surface area (Å²) in [6.45, 7) is 0. The Labute approximate surface area is 91.0 Å². The van der Waals surface area contributed by atoms with Gasteiger partial charge in [0.1, 0.15) is 6.04 Å². The molecule has 0 saturated heterocycles. The zero-order valence-corrected chi connectivity index (χ0v) is 7.96. The van der Waals surface area contributed by atoms with Gasteiger partial charge in [-0.1, -0.05) is 0 Å². The smallest absolute Gasteiger partial charge is 0.316 e. The van der Waals surface area contributed by atoms with Crippen LogP contribution in [-0.2, 0) is 0 Å². The number of hydrogen-bond donors (Lipinski definition) is 1. The van der Waals surface area contributed by atoms with E-state index in [0.717, 1.165) is 0 Å². The number of nitrogens with two attached hydrogens (primary N) is 1. The van der Waals surface area contributed by atoms with Crippen LogP contribution in [0.3, 0.4) is 0 Å². The first kappa shape index (κ1) is 13.3. The van der Waals surface area contributed by atoms with Crippen molar-refractivity contribution < 1.29 is 26.9 Å². The molecule has 0 aliphatic carbocycles. The summed E-state index contributed by atoms with van der Waals surface area (Å²) in [5.74, 6) is -3.25. The first-order valence-corrected chi connectivity index (χ1v) is 4.10. The van der Waals surface area contributed by atoms with Crippen molar-refractivity contribution >= 4 is 5.69 Å². The fourth-order valence-electron chi connectivity index (χ4n) is 1.14. The Morgan fingerprint density at radius 2 is 1.71 bits per heavy atom. The number of nitro benzene ring substituents is 1. The summed E-state index contributed by atoms with van der Waals surface area (Å²) < 4.78 is 62.2. The van der Waals surface area contributed by atoms with E-state index in [2.05, 4.69) is 0 Å². The third-order valence-corrected chi connectivity index (χ3v) is 1.95. The maximum Gasteiger partial charge on any atom is 0.407 e. The molecule has 0 aliphatic heterocycles. The second kappa shape index (κ2) is 4.24. The van der Waals surface area contributed by atoms with E-state index in [1.807, 2.05) is 0 Å². The molecule has 0 unspecified atom stereocenters. The van der Waals surface area contributed by atoms with Crippen molar-refractivity contribution in [1.29, 1.82) is 0 Å². The Hall–Kier alpha value is -1.77. The summed E-state index contributed by atoms with van der Waals surface area (Å²) in [5.41, 5.74) is 2.37. The Morgan fingerprint density at radius 1 is 1.24 bits per heavy atom. The minimum atomic E-state index is -4.99. The summed E-state index contributed by atoms with van der Waals surface area (Å²) in [4.78, 5) is 9.15. The normalized spacial score (nSPS) is 13.5. The molecule has 2 N–H and O–H groups in total. The number of nitro groups is 1. The fourth-order valence-corrected chi connectivity index (χ4v) is 1.14. The first-order chi connectivity index (χ1) is 7.64. The van der Waals surface area contributed by atoms with Crippen LogP contribution < -0.4 is 5.73 Å². The fraction of sp³-hybridized carbons (Fsp3) is 0.250. The highest BCUT2D eigenvalue weighted by Gasteiger charge is 2.41. The van der Waals surface area contributed by atoms with Crippen molar-refractivity contribution in [3.8, 4) is 0 Å². The lowest BCUT2D eigenvalue weighted by Gasteiger charge is -2.15. The van der Waals surface area contributed by atoms with Crippen molar-refractivity contribution in [3.05, 3.63) is 39.4 Å². The predicted molar refractivity (Wildman–Crippen MR) is 46.0 cm³/mol. The molecular formula is C8H5F5N2O2. The summed E-state index contributed by atoms with van der Waals surface area (Å²) in [6.07, 6.45) is -4.99. The van der Waals surface area contributed by atoms with Gasteiger partial charge < -0.3 is 5.73 Å². The molecule has 0 saturated carbocycles. The van der Waals surface area contributed by atoms with Gasteiger partial charge in [-0.15, -0.1) is 0 Å². The quantitative estimate of drug-likeness (QED) is 0.502. The van der Waals surface area contributed by atoms with Gasteiger partial charge in [-0.25, -0.2) is 8.78 Å². The topological polar surface area (TPSA) is 69.2 Å². The van der Waals surface area contributed by atoms with E-state index in [-0.39, 0.29) is 12.1 Å². The van der Waals surface area contributed by atoms with Gasteiger partial charge in [-0.05, 0) is 6.07 Å². The highest BCUT2D eigenvalue weighted by atomic mass is 19.4. The minimum Gasteiger partial charge on any atom is -0.316 e. The van der Waals surface area contributed by atoms with E-state index in [1.54, 1.807) is 0 Å². The molecule has 17 heavy (non-hydrogen) atoms. The van der Waals surface area contributed by atoms with Crippen molar-refractivity contribution in [3.63, 3.8) is 0 Å². The zero-order chi connectivity index (χ0) is 13.4. The molecule has 1 rings (SSSR count). The highest BCUT2D eigenvalue weighted by molar-refractivity contribution is 5.43. The van der Waals surface area contributed by atoms with E-state index < -0.39 is 40.0 Å². The van der Waals surface area contributed by atoms with Gasteiger partial charge in [0.25, 0.3) is 5.69 Å². The molecule has 0 amide bonds. The predicted octanol–water partition coefficient (Wildman–Crippen LogP) is 2.44. The molecule has 1 aromatic rings. The van der Waals surface area contributed by atoms with Crippen LogP contribution in [0.5, 0.6) is 0 Å². The van der Waals surface area contributed by atoms with Crippen molar-refractivity contribution in [2.24, 2.45) is 5.73 Å². The molecule has 4 nitrogen and oxygen atoms in total. The standard InChI is InChI=1S/C8H5F5N2O2/c9-4-1-3(7(14)8(11,12)13)6(15(16)17)2-5(4)10/h1-2,7H,14H2/t7-/m0/s1. The van der Waals surface area contributed by atoms with Gasteiger partial charge in [0.2, 0.25) is 0 Å². The van der Waals surface area contributed by atoms with Crippen LogP contribution in [0, 0.1) is 21.7 Å². The maximum absolute atomic E-state index is 12.8. The molecule has 0 radical (unpaired) electrons. The number of alkyl halides is 3. The van der Waals surface area contributed by atoms with Crippen molar-refractivity contribution in [2.75, 3.05) is 0 Å². The van der Waals surface area contributed by atoms with E-state index >= 15 is 0 Å². The number of rotatable bonds is 2. The lowest BCUT2D eigenvalue weighted by Crippen LogP contribution is -2.29. The molecule has 94 valence electrons. The lowest BCUT2D eigenvalue weighted by molar-refractivity contribution is -0.386. The molecule has 0 bridgehead atoms. The van der Waals surface area contributed by atoms with Crippen molar-refractivity contribution in [1.82, 2.24) is 0 Å².